The van der Waals surface area contributed by atoms with Crippen LogP contribution in [-0.2, 0) is 17.1 Å². The zero-order chi connectivity index (χ0) is 25.3. The van der Waals surface area contributed by atoms with E-state index < -0.39 is 27.3 Å². The largest absolute Gasteiger partial charge is 0.340 e. The minimum absolute atomic E-state index is 0.0184. The van der Waals surface area contributed by atoms with Gasteiger partial charge in [0.25, 0.3) is 5.91 Å². The van der Waals surface area contributed by atoms with Crippen LogP contribution in [0.2, 0.25) is 5.02 Å². The molecule has 0 atom stereocenters. The van der Waals surface area contributed by atoms with E-state index in [4.69, 9.17) is 11.6 Å². The number of aryl methyl sites for hydroxylation is 1. The number of nitrogens with one attached hydrogen (secondary N) is 2. The number of carbonyl (C=O) groups excluding carboxylic acids is 2. The Morgan fingerprint density at radius 3 is 2.51 bits per heavy atom. The van der Waals surface area contributed by atoms with Gasteiger partial charge in [-0.15, -0.1) is 4.83 Å². The zero-order valence-corrected chi connectivity index (χ0v) is 21.1. The third kappa shape index (κ3) is 5.76. The Labute approximate surface area is 208 Å². The molecule has 1 aromatic heterocycles. The van der Waals surface area contributed by atoms with Crippen LogP contribution >= 0.6 is 11.6 Å². The number of nitrogens with zero attached hydrogens (tertiary/aromatic N) is 4. The number of rotatable bonds is 7. The molecule has 1 saturated heterocycles. The predicted molar refractivity (Wildman–Crippen MR) is 128 cm³/mol. The molecule has 10 nitrogen and oxygen atoms in total. The van der Waals surface area contributed by atoms with E-state index in [1.165, 1.54) is 12.1 Å². The maximum absolute atomic E-state index is 14.5. The highest BCUT2D eigenvalue weighted by atomic mass is 35.5. The average Bonchev–Trinajstić information content (AvgIpc) is 3.39. The minimum Gasteiger partial charge on any atom is -0.340 e. The first kappa shape index (κ1) is 25.4. The number of carbonyl (C=O) groups is 2. The molecule has 2 aliphatic rings. The van der Waals surface area contributed by atoms with E-state index in [1.54, 1.807) is 36.1 Å². The van der Waals surface area contributed by atoms with Gasteiger partial charge >= 0.3 is 6.03 Å². The number of aromatic nitrogens is 2. The molecule has 1 aliphatic heterocycles. The fraction of sp³-hybridized carbons (Fsp3) is 0.500. The van der Waals surface area contributed by atoms with Gasteiger partial charge in [0.1, 0.15) is 0 Å². The number of urea groups is 1. The Bertz CT molecular complexity index is 1230. The third-order valence-electron chi connectivity index (χ3n) is 6.55. The van der Waals surface area contributed by atoms with Crippen LogP contribution in [0, 0.1) is 11.7 Å². The van der Waals surface area contributed by atoms with E-state index in [2.05, 4.69) is 15.2 Å². The third-order valence-corrected chi connectivity index (χ3v) is 8.15. The Hall–Kier alpha value is -2.70. The summed E-state index contributed by atoms with van der Waals surface area (Å²) in [5, 5.41) is -0.277. The fourth-order valence-corrected chi connectivity index (χ4v) is 6.14. The maximum atomic E-state index is 14.5. The second-order valence-corrected chi connectivity index (χ2v) is 11.3. The number of imidazole rings is 1. The maximum Gasteiger partial charge on any atom is 0.320 e. The first-order valence-electron chi connectivity index (χ1n) is 11.3. The summed E-state index contributed by atoms with van der Waals surface area (Å²) in [4.78, 5) is 34.6. The van der Waals surface area contributed by atoms with Crippen LogP contribution in [0.1, 0.15) is 36.0 Å². The summed E-state index contributed by atoms with van der Waals surface area (Å²) in [6.45, 7) is 1.39. The Kier molecular flexibility index (Phi) is 7.34. The highest BCUT2D eigenvalue weighted by molar-refractivity contribution is 7.89. The van der Waals surface area contributed by atoms with E-state index in [0.717, 1.165) is 12.8 Å². The topological polar surface area (TPSA) is 117 Å². The van der Waals surface area contributed by atoms with Crippen molar-refractivity contribution >= 4 is 33.6 Å². The fourth-order valence-electron chi connectivity index (χ4n) is 4.64. The van der Waals surface area contributed by atoms with Crippen molar-refractivity contribution in [3.8, 4) is 11.3 Å². The van der Waals surface area contributed by atoms with Crippen LogP contribution in [0.4, 0.5) is 9.18 Å². The summed E-state index contributed by atoms with van der Waals surface area (Å²) in [5.41, 5.74) is 2.59. The minimum atomic E-state index is -3.86. The van der Waals surface area contributed by atoms with Crippen LogP contribution in [0.5, 0.6) is 0 Å². The van der Waals surface area contributed by atoms with Crippen molar-refractivity contribution in [3.63, 3.8) is 0 Å². The Morgan fingerprint density at radius 1 is 1.20 bits per heavy atom. The zero-order valence-electron chi connectivity index (χ0n) is 19.5. The molecule has 190 valence electrons. The average molecular weight is 527 g/mol. The van der Waals surface area contributed by atoms with Crippen LogP contribution in [0.25, 0.3) is 11.3 Å². The molecule has 2 fully saturated rings. The molecule has 4 rings (SSSR count). The van der Waals surface area contributed by atoms with Crippen molar-refractivity contribution in [1.82, 2.24) is 29.6 Å². The molecule has 2 heterocycles. The van der Waals surface area contributed by atoms with Gasteiger partial charge in [0.05, 0.1) is 28.4 Å². The molecular weight excluding hydrogens is 499 g/mol. The highest BCUT2D eigenvalue weighted by Crippen LogP contribution is 2.30. The van der Waals surface area contributed by atoms with Gasteiger partial charge in [-0.1, -0.05) is 11.6 Å². The van der Waals surface area contributed by atoms with Gasteiger partial charge in [0, 0.05) is 45.0 Å². The van der Waals surface area contributed by atoms with Crippen molar-refractivity contribution in [1.29, 1.82) is 0 Å². The lowest BCUT2D eigenvalue weighted by Crippen LogP contribution is -2.45. The molecule has 13 heteroatoms. The van der Waals surface area contributed by atoms with Crippen molar-refractivity contribution in [3.05, 3.63) is 41.1 Å². The number of hydrogen-bond donors (Lipinski definition) is 2. The molecule has 0 unspecified atom stereocenters. The smallest absolute Gasteiger partial charge is 0.320 e. The lowest BCUT2D eigenvalue weighted by atomic mass is 9.86. The second kappa shape index (κ2) is 10.1. The highest BCUT2D eigenvalue weighted by Gasteiger charge is 2.35. The normalized spacial score (nSPS) is 21.0. The van der Waals surface area contributed by atoms with Crippen LogP contribution in [0.3, 0.4) is 0 Å². The molecule has 3 amide bonds. The summed E-state index contributed by atoms with van der Waals surface area (Å²) in [6, 6.07) is 2.76. The van der Waals surface area contributed by atoms with Gasteiger partial charge in [-0.05, 0) is 43.7 Å². The summed E-state index contributed by atoms with van der Waals surface area (Å²) in [5.74, 6) is -2.20. The van der Waals surface area contributed by atoms with Crippen molar-refractivity contribution in [2.75, 3.05) is 25.9 Å². The quantitative estimate of drug-likeness (QED) is 0.537. The van der Waals surface area contributed by atoms with Gasteiger partial charge in [0.2, 0.25) is 10.0 Å². The molecule has 1 aliphatic carbocycles. The van der Waals surface area contributed by atoms with Crippen LogP contribution < -0.4 is 10.3 Å². The number of sulfonamides is 1. The number of likely N-dealkylation sites (N-methyl/N-ethyl adjacent to an activating group) is 1. The van der Waals surface area contributed by atoms with Crippen molar-refractivity contribution in [2.24, 2.45) is 13.0 Å². The summed E-state index contributed by atoms with van der Waals surface area (Å²) in [6.07, 6.45) is 6.01. The first-order valence-corrected chi connectivity index (χ1v) is 13.4. The van der Waals surface area contributed by atoms with Gasteiger partial charge in [-0.25, -0.2) is 22.6 Å². The van der Waals surface area contributed by atoms with Gasteiger partial charge < -0.3 is 14.4 Å². The summed E-state index contributed by atoms with van der Waals surface area (Å²) < 4.78 is 41.4. The number of hydrazine groups is 1. The van der Waals surface area contributed by atoms with Crippen LogP contribution in [-0.4, -0.2) is 71.6 Å². The van der Waals surface area contributed by atoms with Crippen LogP contribution in [0.15, 0.2) is 24.7 Å². The number of benzene rings is 1. The molecule has 35 heavy (non-hydrogen) atoms. The first-order chi connectivity index (χ1) is 16.5. The van der Waals surface area contributed by atoms with E-state index in [-0.39, 0.29) is 28.8 Å². The summed E-state index contributed by atoms with van der Waals surface area (Å²) >= 11 is 5.96. The summed E-state index contributed by atoms with van der Waals surface area (Å²) in [7, 11) is -0.326. The molecule has 1 saturated carbocycles. The van der Waals surface area contributed by atoms with Gasteiger partial charge in [-0.2, -0.15) is 0 Å². The number of amides is 3. The molecule has 2 aromatic rings. The lowest BCUT2D eigenvalue weighted by molar-refractivity contribution is 0.0941. The molecule has 0 spiro atoms. The molecule has 1 aromatic carbocycles. The monoisotopic (exact) mass is 526 g/mol. The number of hydrogen-bond acceptors (Lipinski definition) is 5. The Balaban J connectivity index is 1.33. The lowest BCUT2D eigenvalue weighted by Gasteiger charge is -2.34. The standard InChI is InChI=1S/C22H28ClFN6O4S/c1-28-11-19(25-13-28)15-9-17(20(24)18(23)10-15)21(31)26-27-35(33,34)12-14-3-5-16(6-4-14)30-8-7-29(2)22(30)32/h9-11,13-14,16,27H,3-8,12H2,1-2H3,(H,26,31)/t14-,16+. The SMILES string of the molecule is CN1CCN([C@H]2CC[C@@H](CS(=O)(=O)NNC(=O)c3cc(-c4cn(C)cn4)cc(Cl)c3F)CC2)C1=O. The van der Waals surface area contributed by atoms with Gasteiger partial charge in [0.15, 0.2) is 5.82 Å². The predicted octanol–water partition coefficient (Wildman–Crippen LogP) is 2.37. The number of halogens is 2. The van der Waals surface area contributed by atoms with E-state index in [1.807, 2.05) is 4.90 Å². The second-order valence-electron chi connectivity index (χ2n) is 9.15. The molecule has 0 radical (unpaired) electrons. The van der Waals surface area contributed by atoms with E-state index in [9.17, 15) is 22.4 Å². The van der Waals surface area contributed by atoms with E-state index >= 15 is 0 Å². The van der Waals surface area contributed by atoms with Gasteiger partial charge in [-0.3, -0.25) is 10.2 Å². The Morgan fingerprint density at radius 2 is 1.91 bits per heavy atom. The van der Waals surface area contributed by atoms with E-state index in [0.29, 0.717) is 37.2 Å². The van der Waals surface area contributed by atoms with Crippen molar-refractivity contribution < 1.29 is 22.4 Å². The molecule has 0 bridgehead atoms. The molecule has 2 N–H and O–H groups in total. The van der Waals surface area contributed by atoms with Crippen molar-refractivity contribution in [2.45, 2.75) is 31.7 Å². The molecular formula is C22H28ClFN6O4S.